The van der Waals surface area contributed by atoms with E-state index in [1.165, 1.54) is 6.07 Å². The van der Waals surface area contributed by atoms with Gasteiger partial charge in [0, 0.05) is 25.7 Å². The lowest BCUT2D eigenvalue weighted by Crippen LogP contribution is -2.56. The Kier molecular flexibility index (Phi) is 5.69. The molecule has 2 aliphatic heterocycles. The minimum Gasteiger partial charge on any atom is -0.454 e. The molecule has 0 aromatic heterocycles. The van der Waals surface area contributed by atoms with E-state index in [1.54, 1.807) is 23.1 Å². The smallest absolute Gasteiger partial charge is 0.322 e. The van der Waals surface area contributed by atoms with E-state index in [9.17, 15) is 9.18 Å². The molecule has 3 aromatic rings. The fourth-order valence-electron chi connectivity index (χ4n) is 4.44. The Morgan fingerprint density at radius 2 is 1.79 bits per heavy atom. The van der Waals surface area contributed by atoms with Gasteiger partial charge in [-0.2, -0.15) is 0 Å². The number of piperazine rings is 1. The van der Waals surface area contributed by atoms with Crippen molar-refractivity contribution >= 4 is 23.2 Å². The average Bonchev–Trinajstić information content (AvgIpc) is 2.96. The summed E-state index contributed by atoms with van der Waals surface area (Å²) in [5.41, 5.74) is 4.12. The minimum absolute atomic E-state index is 0.0989. The van der Waals surface area contributed by atoms with E-state index in [-0.39, 0.29) is 17.8 Å². The van der Waals surface area contributed by atoms with Crippen LogP contribution in [0.25, 0.3) is 0 Å². The first-order valence-corrected chi connectivity index (χ1v) is 11.4. The molecule has 3 aromatic carbocycles. The lowest BCUT2D eigenvalue weighted by Gasteiger charge is -2.41. The summed E-state index contributed by atoms with van der Waals surface area (Å²) in [5.74, 6) is 1.88. The maximum atomic E-state index is 14.0. The van der Waals surface area contributed by atoms with Crippen LogP contribution in [0, 0.1) is 19.7 Å². The third-order valence-corrected chi connectivity index (χ3v) is 6.24. The summed E-state index contributed by atoms with van der Waals surface area (Å²) in [5, 5.41) is 2.70. The SMILES string of the molecule is Cc1ccc2c(c1)Oc1ccc(C)cc1C(N1CCN(C(=O)Nc3ccccc3F)C(C)C1)=N2. The number of fused-ring (bicyclic) bond motifs is 2. The van der Waals surface area contributed by atoms with Gasteiger partial charge in [-0.3, -0.25) is 0 Å². The van der Waals surface area contributed by atoms with E-state index in [4.69, 9.17) is 9.73 Å². The number of hydrogen-bond acceptors (Lipinski definition) is 4. The highest BCUT2D eigenvalue weighted by atomic mass is 19.1. The molecular formula is C27H27FN4O2. The van der Waals surface area contributed by atoms with Gasteiger partial charge in [-0.15, -0.1) is 0 Å². The van der Waals surface area contributed by atoms with Crippen LogP contribution in [0.4, 0.5) is 20.6 Å². The topological polar surface area (TPSA) is 57.2 Å². The zero-order valence-electron chi connectivity index (χ0n) is 19.5. The molecule has 0 bridgehead atoms. The van der Waals surface area contributed by atoms with Crippen molar-refractivity contribution in [2.75, 3.05) is 25.0 Å². The number of para-hydroxylation sites is 1. The molecule has 0 aliphatic carbocycles. The van der Waals surface area contributed by atoms with Crippen LogP contribution < -0.4 is 10.1 Å². The summed E-state index contributed by atoms with van der Waals surface area (Å²) < 4.78 is 20.3. The molecule has 34 heavy (non-hydrogen) atoms. The lowest BCUT2D eigenvalue weighted by molar-refractivity contribution is 0.144. The fourth-order valence-corrected chi connectivity index (χ4v) is 4.44. The fraction of sp³-hybridized carbons (Fsp3) is 0.259. The molecule has 1 fully saturated rings. The number of nitrogens with one attached hydrogen (secondary N) is 1. The Balaban J connectivity index is 1.42. The van der Waals surface area contributed by atoms with Gasteiger partial charge < -0.3 is 19.9 Å². The Morgan fingerprint density at radius 1 is 1.03 bits per heavy atom. The Bertz CT molecular complexity index is 1290. The molecule has 0 spiro atoms. The molecule has 7 heteroatoms. The van der Waals surface area contributed by atoms with E-state index < -0.39 is 5.82 Å². The Hall–Kier alpha value is -3.87. The van der Waals surface area contributed by atoms with E-state index in [2.05, 4.69) is 16.3 Å². The van der Waals surface area contributed by atoms with Gasteiger partial charge in [0.2, 0.25) is 0 Å². The van der Waals surface area contributed by atoms with Crippen LogP contribution in [-0.2, 0) is 0 Å². The van der Waals surface area contributed by atoms with Crippen molar-refractivity contribution < 1.29 is 13.9 Å². The zero-order chi connectivity index (χ0) is 23.8. The van der Waals surface area contributed by atoms with Crippen molar-refractivity contribution in [1.29, 1.82) is 0 Å². The second-order valence-electron chi connectivity index (χ2n) is 8.91. The molecule has 6 nitrogen and oxygen atoms in total. The summed E-state index contributed by atoms with van der Waals surface area (Å²) in [7, 11) is 0. The molecule has 0 radical (unpaired) electrons. The third kappa shape index (κ3) is 4.21. The summed E-state index contributed by atoms with van der Waals surface area (Å²) >= 11 is 0. The van der Waals surface area contributed by atoms with E-state index in [0.29, 0.717) is 19.6 Å². The number of halogens is 1. The van der Waals surface area contributed by atoms with Gasteiger partial charge in [-0.05, 0) is 62.7 Å². The highest BCUT2D eigenvalue weighted by Gasteiger charge is 2.32. The maximum Gasteiger partial charge on any atom is 0.322 e. The number of carbonyl (C=O) groups is 1. The number of urea groups is 1. The summed E-state index contributed by atoms with van der Waals surface area (Å²) in [6.07, 6.45) is 0. The number of amides is 2. The van der Waals surface area contributed by atoms with Crippen molar-refractivity contribution in [3.8, 4) is 11.5 Å². The van der Waals surface area contributed by atoms with E-state index >= 15 is 0 Å². The van der Waals surface area contributed by atoms with Crippen molar-refractivity contribution in [2.24, 2.45) is 4.99 Å². The maximum absolute atomic E-state index is 14.0. The van der Waals surface area contributed by atoms with Crippen LogP contribution in [0.15, 0.2) is 65.7 Å². The van der Waals surface area contributed by atoms with Crippen molar-refractivity contribution in [3.63, 3.8) is 0 Å². The summed E-state index contributed by atoms with van der Waals surface area (Å²) in [4.78, 5) is 21.8. The van der Waals surface area contributed by atoms with Gasteiger partial charge in [0.05, 0.1) is 11.3 Å². The number of carbonyl (C=O) groups excluding carboxylic acids is 1. The zero-order valence-corrected chi connectivity index (χ0v) is 19.5. The Morgan fingerprint density at radius 3 is 2.59 bits per heavy atom. The summed E-state index contributed by atoms with van der Waals surface area (Å²) in [6.45, 7) is 7.76. The molecule has 1 unspecified atom stereocenters. The van der Waals surface area contributed by atoms with Crippen LogP contribution in [0.3, 0.4) is 0 Å². The van der Waals surface area contributed by atoms with Crippen LogP contribution in [0.2, 0.25) is 0 Å². The first kappa shape index (κ1) is 21.9. The van der Waals surface area contributed by atoms with E-state index in [0.717, 1.165) is 39.7 Å². The van der Waals surface area contributed by atoms with Crippen molar-refractivity contribution in [1.82, 2.24) is 9.80 Å². The molecule has 174 valence electrons. The number of nitrogens with zero attached hydrogens (tertiary/aromatic N) is 3. The lowest BCUT2D eigenvalue weighted by atomic mass is 10.1. The number of amidine groups is 1. The number of rotatable bonds is 1. The van der Waals surface area contributed by atoms with Crippen LogP contribution in [0.1, 0.15) is 23.6 Å². The van der Waals surface area contributed by atoms with E-state index in [1.807, 2.05) is 51.1 Å². The normalized spacial score (nSPS) is 17.2. The van der Waals surface area contributed by atoms with Crippen molar-refractivity contribution in [2.45, 2.75) is 26.8 Å². The molecule has 1 N–H and O–H groups in total. The molecule has 2 amide bonds. The number of ether oxygens (including phenoxy) is 1. The largest absolute Gasteiger partial charge is 0.454 e. The number of hydrogen-bond donors (Lipinski definition) is 1. The predicted octanol–water partition coefficient (Wildman–Crippen LogP) is 5.86. The molecule has 0 saturated carbocycles. The molecule has 2 aliphatic rings. The molecule has 1 saturated heterocycles. The van der Waals surface area contributed by atoms with Gasteiger partial charge in [0.1, 0.15) is 23.1 Å². The van der Waals surface area contributed by atoms with Gasteiger partial charge in [0.15, 0.2) is 5.75 Å². The Labute approximate surface area is 198 Å². The van der Waals surface area contributed by atoms with Gasteiger partial charge >= 0.3 is 6.03 Å². The second-order valence-corrected chi connectivity index (χ2v) is 8.91. The first-order chi connectivity index (χ1) is 16.4. The standard InChI is InChI=1S/C27H27FN4O2/c1-17-9-11-24-20(14-17)26(29-23-10-8-18(2)15-25(23)34-24)31-12-13-32(19(3)16-31)27(33)30-22-7-5-4-6-21(22)28/h4-11,14-15,19H,12-13,16H2,1-3H3,(H,30,33). The molecule has 1 atom stereocenters. The number of benzene rings is 3. The van der Waals surface area contributed by atoms with Crippen LogP contribution >= 0.6 is 0 Å². The second kappa shape index (κ2) is 8.82. The summed E-state index contributed by atoms with van der Waals surface area (Å²) in [6, 6.07) is 17.9. The molecular weight excluding hydrogens is 431 g/mol. The van der Waals surface area contributed by atoms with Gasteiger partial charge in [0.25, 0.3) is 0 Å². The molecule has 2 heterocycles. The highest BCUT2D eigenvalue weighted by molar-refractivity contribution is 6.04. The number of aryl methyl sites for hydroxylation is 2. The van der Waals surface area contributed by atoms with Crippen molar-refractivity contribution in [3.05, 3.63) is 83.2 Å². The van der Waals surface area contributed by atoms with Gasteiger partial charge in [-0.1, -0.05) is 29.8 Å². The third-order valence-electron chi connectivity index (χ3n) is 6.24. The quantitative estimate of drug-likeness (QED) is 0.497. The van der Waals surface area contributed by atoms with Crippen LogP contribution in [0.5, 0.6) is 11.5 Å². The number of aliphatic imine (C=N–C) groups is 1. The van der Waals surface area contributed by atoms with Gasteiger partial charge in [-0.25, -0.2) is 14.2 Å². The highest BCUT2D eigenvalue weighted by Crippen LogP contribution is 2.39. The first-order valence-electron chi connectivity index (χ1n) is 11.4. The molecule has 5 rings (SSSR count). The number of anilines is 1. The monoisotopic (exact) mass is 458 g/mol. The minimum atomic E-state index is -0.448. The van der Waals surface area contributed by atoms with Crippen LogP contribution in [-0.4, -0.2) is 47.3 Å². The predicted molar refractivity (Wildman–Crippen MR) is 132 cm³/mol. The average molecular weight is 459 g/mol.